The van der Waals surface area contributed by atoms with Gasteiger partial charge in [0.15, 0.2) is 17.2 Å². The number of primary amides is 1. The molecule has 2 aromatic carbocycles. The van der Waals surface area contributed by atoms with E-state index in [1.807, 2.05) is 30.3 Å². The minimum Gasteiger partial charge on any atom is -0.508 e. The standard InChI is InChI=1S/C19H15N5O3/c20-16(26)14-15-18(23-17(21-14)12-6-8-13(25)9-7-12)24(19(27)22-15)10-11-4-2-1-3-5-11/h1-9,25H,10H2,(H2,20,26)(H,22,27). The maximum atomic E-state index is 12.5. The number of nitrogens with one attached hydrogen (secondary N) is 1. The van der Waals surface area contributed by atoms with Crippen LogP contribution in [-0.4, -0.2) is 30.5 Å². The van der Waals surface area contributed by atoms with Gasteiger partial charge in [-0.25, -0.2) is 14.8 Å². The molecule has 0 saturated carbocycles. The molecular weight excluding hydrogens is 346 g/mol. The van der Waals surface area contributed by atoms with Gasteiger partial charge in [-0.1, -0.05) is 30.3 Å². The molecule has 4 N–H and O–H groups in total. The zero-order valence-corrected chi connectivity index (χ0v) is 14.1. The van der Waals surface area contributed by atoms with Crippen LogP contribution < -0.4 is 11.4 Å². The van der Waals surface area contributed by atoms with E-state index in [4.69, 9.17) is 5.73 Å². The molecule has 1 amide bonds. The quantitative estimate of drug-likeness (QED) is 0.509. The minimum atomic E-state index is -0.768. The summed E-state index contributed by atoms with van der Waals surface area (Å²) in [5, 5.41) is 9.46. The lowest BCUT2D eigenvalue weighted by Crippen LogP contribution is -2.17. The van der Waals surface area contributed by atoms with Crippen molar-refractivity contribution in [2.24, 2.45) is 5.73 Å². The fourth-order valence-corrected chi connectivity index (χ4v) is 2.86. The fourth-order valence-electron chi connectivity index (χ4n) is 2.86. The van der Waals surface area contributed by atoms with Gasteiger partial charge >= 0.3 is 5.69 Å². The monoisotopic (exact) mass is 361 g/mol. The first kappa shape index (κ1) is 16.5. The number of benzene rings is 2. The molecule has 0 spiro atoms. The molecule has 0 atom stereocenters. The van der Waals surface area contributed by atoms with E-state index < -0.39 is 11.6 Å². The molecule has 134 valence electrons. The van der Waals surface area contributed by atoms with Crippen molar-refractivity contribution >= 4 is 17.1 Å². The molecule has 0 aliphatic rings. The maximum Gasteiger partial charge on any atom is 0.328 e. The molecule has 27 heavy (non-hydrogen) atoms. The Kier molecular flexibility index (Phi) is 3.92. The van der Waals surface area contributed by atoms with E-state index >= 15 is 0 Å². The molecule has 2 heterocycles. The first-order chi connectivity index (χ1) is 13.0. The molecule has 0 aliphatic heterocycles. The highest BCUT2D eigenvalue weighted by atomic mass is 16.3. The number of nitrogens with zero attached hydrogens (tertiary/aromatic N) is 3. The summed E-state index contributed by atoms with van der Waals surface area (Å²) < 4.78 is 1.43. The molecular formula is C19H15N5O3. The van der Waals surface area contributed by atoms with Gasteiger partial charge in [-0.2, -0.15) is 0 Å². The Labute approximate surface area is 152 Å². The number of aromatic amines is 1. The number of phenols is 1. The molecule has 0 radical (unpaired) electrons. The van der Waals surface area contributed by atoms with E-state index in [2.05, 4.69) is 15.0 Å². The number of hydrogen-bond donors (Lipinski definition) is 3. The van der Waals surface area contributed by atoms with Gasteiger partial charge in [0.25, 0.3) is 5.91 Å². The van der Waals surface area contributed by atoms with Crippen molar-refractivity contribution in [3.63, 3.8) is 0 Å². The number of amides is 1. The lowest BCUT2D eigenvalue weighted by molar-refractivity contribution is 0.0997. The van der Waals surface area contributed by atoms with Crippen LogP contribution in [0.4, 0.5) is 0 Å². The van der Waals surface area contributed by atoms with Gasteiger partial charge in [0.2, 0.25) is 0 Å². The van der Waals surface area contributed by atoms with E-state index in [9.17, 15) is 14.7 Å². The largest absolute Gasteiger partial charge is 0.508 e. The third-order valence-electron chi connectivity index (χ3n) is 4.17. The SMILES string of the molecule is NC(=O)c1nc(-c2ccc(O)cc2)nc2c1[nH]c(=O)n2Cc1ccccc1. The highest BCUT2D eigenvalue weighted by Crippen LogP contribution is 2.22. The van der Waals surface area contributed by atoms with Gasteiger partial charge in [0.1, 0.15) is 11.3 Å². The number of rotatable bonds is 4. The summed E-state index contributed by atoms with van der Waals surface area (Å²) in [6.45, 7) is 0.282. The van der Waals surface area contributed by atoms with Crippen molar-refractivity contribution in [1.82, 2.24) is 19.5 Å². The van der Waals surface area contributed by atoms with Crippen molar-refractivity contribution in [1.29, 1.82) is 0 Å². The predicted octanol–water partition coefficient (Wildman–Crippen LogP) is 1.64. The van der Waals surface area contributed by atoms with Crippen molar-refractivity contribution in [3.05, 3.63) is 76.3 Å². The van der Waals surface area contributed by atoms with Gasteiger partial charge in [-0.05, 0) is 29.8 Å². The molecule has 0 saturated heterocycles. The van der Waals surface area contributed by atoms with Crippen LogP contribution in [0.25, 0.3) is 22.6 Å². The third-order valence-corrected chi connectivity index (χ3v) is 4.17. The van der Waals surface area contributed by atoms with Gasteiger partial charge in [0, 0.05) is 5.56 Å². The summed E-state index contributed by atoms with van der Waals surface area (Å²) >= 11 is 0. The molecule has 2 aromatic heterocycles. The van der Waals surface area contributed by atoms with E-state index in [1.165, 1.54) is 16.7 Å². The number of carbonyl (C=O) groups excluding carboxylic acids is 1. The Morgan fingerprint density at radius 1 is 1.07 bits per heavy atom. The lowest BCUT2D eigenvalue weighted by Gasteiger charge is -2.07. The topological polar surface area (TPSA) is 127 Å². The van der Waals surface area contributed by atoms with Crippen LogP contribution in [0.3, 0.4) is 0 Å². The third kappa shape index (κ3) is 3.04. The first-order valence-electron chi connectivity index (χ1n) is 8.16. The summed E-state index contributed by atoms with van der Waals surface area (Å²) in [6, 6.07) is 15.6. The normalized spacial score (nSPS) is 11.0. The zero-order valence-electron chi connectivity index (χ0n) is 14.1. The molecule has 4 aromatic rings. The zero-order chi connectivity index (χ0) is 19.0. The van der Waals surface area contributed by atoms with Crippen molar-refractivity contribution < 1.29 is 9.90 Å². The summed E-state index contributed by atoms with van der Waals surface area (Å²) in [5.41, 5.74) is 6.97. The Balaban J connectivity index is 1.94. The smallest absolute Gasteiger partial charge is 0.328 e. The summed E-state index contributed by atoms with van der Waals surface area (Å²) in [4.78, 5) is 35.7. The van der Waals surface area contributed by atoms with E-state index in [0.717, 1.165) is 5.56 Å². The number of aromatic nitrogens is 4. The van der Waals surface area contributed by atoms with Crippen molar-refractivity contribution in [2.75, 3.05) is 0 Å². The van der Waals surface area contributed by atoms with Crippen LogP contribution >= 0.6 is 0 Å². The predicted molar refractivity (Wildman–Crippen MR) is 99.3 cm³/mol. The van der Waals surface area contributed by atoms with Crippen LogP contribution in [0, 0.1) is 0 Å². The van der Waals surface area contributed by atoms with Gasteiger partial charge in [0.05, 0.1) is 6.54 Å². The number of hydrogen-bond acceptors (Lipinski definition) is 5. The van der Waals surface area contributed by atoms with Crippen LogP contribution in [-0.2, 0) is 6.54 Å². The summed E-state index contributed by atoms with van der Waals surface area (Å²) in [7, 11) is 0. The van der Waals surface area contributed by atoms with Crippen molar-refractivity contribution in [2.45, 2.75) is 6.54 Å². The van der Waals surface area contributed by atoms with E-state index in [-0.39, 0.29) is 35.0 Å². The lowest BCUT2D eigenvalue weighted by atomic mass is 10.2. The van der Waals surface area contributed by atoms with Crippen molar-refractivity contribution in [3.8, 4) is 17.1 Å². The number of imidazole rings is 1. The Bertz CT molecular complexity index is 1190. The van der Waals surface area contributed by atoms with Gasteiger partial charge in [-0.15, -0.1) is 0 Å². The number of phenolic OH excluding ortho intramolecular Hbond substituents is 1. The van der Waals surface area contributed by atoms with Crippen LogP contribution in [0.5, 0.6) is 5.75 Å². The first-order valence-corrected chi connectivity index (χ1v) is 8.16. The Morgan fingerprint density at radius 3 is 2.44 bits per heavy atom. The van der Waals surface area contributed by atoms with Crippen LogP contribution in [0.15, 0.2) is 59.4 Å². The number of aromatic hydroxyl groups is 1. The molecule has 0 fully saturated rings. The highest BCUT2D eigenvalue weighted by molar-refractivity contribution is 6.01. The second-order valence-corrected chi connectivity index (χ2v) is 6.01. The Hall–Kier alpha value is -3.94. The van der Waals surface area contributed by atoms with E-state index in [0.29, 0.717) is 5.56 Å². The number of carbonyl (C=O) groups is 1. The average Bonchev–Trinajstić information content (AvgIpc) is 2.98. The number of fused-ring (bicyclic) bond motifs is 1. The molecule has 8 heteroatoms. The second kappa shape index (κ2) is 6.41. The average molecular weight is 361 g/mol. The second-order valence-electron chi connectivity index (χ2n) is 6.01. The van der Waals surface area contributed by atoms with Crippen LogP contribution in [0.1, 0.15) is 16.1 Å². The molecule has 4 rings (SSSR count). The Morgan fingerprint density at radius 2 is 1.78 bits per heavy atom. The highest BCUT2D eigenvalue weighted by Gasteiger charge is 2.19. The molecule has 8 nitrogen and oxygen atoms in total. The van der Waals surface area contributed by atoms with Gasteiger partial charge < -0.3 is 15.8 Å². The molecule has 0 unspecified atom stereocenters. The molecule has 0 bridgehead atoms. The summed E-state index contributed by atoms with van der Waals surface area (Å²) in [6.07, 6.45) is 0. The summed E-state index contributed by atoms with van der Waals surface area (Å²) in [5.74, 6) is -0.440. The maximum absolute atomic E-state index is 12.5. The number of H-pyrrole nitrogens is 1. The molecule has 0 aliphatic carbocycles. The number of nitrogens with two attached hydrogens (primary N) is 1. The fraction of sp³-hybridized carbons (Fsp3) is 0.0526. The van der Waals surface area contributed by atoms with Gasteiger partial charge in [-0.3, -0.25) is 9.36 Å². The van der Waals surface area contributed by atoms with Crippen LogP contribution in [0.2, 0.25) is 0 Å². The van der Waals surface area contributed by atoms with E-state index in [1.54, 1.807) is 12.1 Å². The minimum absolute atomic E-state index is 0.0630.